The Morgan fingerprint density at radius 2 is 1.83 bits per heavy atom. The molecule has 4 aromatic rings. The maximum atomic E-state index is 13.7. The summed E-state index contributed by atoms with van der Waals surface area (Å²) in [6.07, 6.45) is 1.57. The summed E-state index contributed by atoms with van der Waals surface area (Å²) >= 11 is 0. The first-order chi connectivity index (χ1) is 16.8. The van der Waals surface area contributed by atoms with Gasteiger partial charge in [0.25, 0.3) is 5.91 Å². The van der Waals surface area contributed by atoms with Gasteiger partial charge in [0.2, 0.25) is 10.0 Å². The van der Waals surface area contributed by atoms with Gasteiger partial charge in [-0.1, -0.05) is 43.3 Å². The molecular formula is C27H26N4O3S. The highest BCUT2D eigenvalue weighted by Crippen LogP contribution is 2.35. The van der Waals surface area contributed by atoms with Gasteiger partial charge in [-0.25, -0.2) is 18.2 Å². The molecule has 0 bridgehead atoms. The second kappa shape index (κ2) is 8.79. The molecule has 0 spiro atoms. The van der Waals surface area contributed by atoms with E-state index in [1.165, 1.54) is 11.6 Å². The Morgan fingerprint density at radius 1 is 1.03 bits per heavy atom. The topological polar surface area (TPSA) is 98.3 Å². The molecular weight excluding hydrogens is 460 g/mol. The van der Waals surface area contributed by atoms with Gasteiger partial charge in [-0.3, -0.25) is 4.79 Å². The Hall–Kier alpha value is -3.75. The number of fused-ring (bicyclic) bond motifs is 1. The molecule has 2 heterocycles. The summed E-state index contributed by atoms with van der Waals surface area (Å²) in [6.45, 7) is 4.51. The highest BCUT2D eigenvalue weighted by atomic mass is 32.2. The molecule has 178 valence electrons. The van der Waals surface area contributed by atoms with Gasteiger partial charge >= 0.3 is 0 Å². The van der Waals surface area contributed by atoms with Gasteiger partial charge in [0.15, 0.2) is 0 Å². The minimum Gasteiger partial charge on any atom is -0.306 e. The molecule has 0 aliphatic carbocycles. The van der Waals surface area contributed by atoms with E-state index in [1.807, 2.05) is 43.3 Å². The largest absolute Gasteiger partial charge is 0.306 e. The van der Waals surface area contributed by atoms with Crippen LogP contribution in [0.1, 0.15) is 34.2 Å². The smallest absolute Gasteiger partial charge is 0.277 e. The number of aromatic nitrogens is 2. The van der Waals surface area contributed by atoms with E-state index in [1.54, 1.807) is 27.8 Å². The Bertz CT molecular complexity index is 1560. The van der Waals surface area contributed by atoms with Crippen molar-refractivity contribution in [2.24, 2.45) is 5.14 Å². The molecule has 0 saturated carbocycles. The van der Waals surface area contributed by atoms with Gasteiger partial charge in [-0.2, -0.15) is 5.10 Å². The predicted molar refractivity (Wildman–Crippen MR) is 136 cm³/mol. The van der Waals surface area contributed by atoms with Crippen molar-refractivity contribution in [1.82, 2.24) is 9.78 Å². The normalized spacial score (nSPS) is 13.2. The van der Waals surface area contributed by atoms with Crippen LogP contribution in [0.15, 0.2) is 77.7 Å². The van der Waals surface area contributed by atoms with Gasteiger partial charge in [0.1, 0.15) is 5.69 Å². The number of hydrogen-bond acceptors (Lipinski definition) is 4. The van der Waals surface area contributed by atoms with Crippen molar-refractivity contribution in [2.45, 2.75) is 31.6 Å². The lowest BCUT2D eigenvalue weighted by Crippen LogP contribution is -2.30. The zero-order chi connectivity index (χ0) is 24.7. The number of amides is 1. The van der Waals surface area contributed by atoms with E-state index in [-0.39, 0.29) is 10.8 Å². The number of carbonyl (C=O) groups excluding carboxylic acids is 1. The van der Waals surface area contributed by atoms with Crippen LogP contribution in [0.2, 0.25) is 0 Å². The van der Waals surface area contributed by atoms with Crippen molar-refractivity contribution in [3.05, 3.63) is 95.3 Å². The van der Waals surface area contributed by atoms with Crippen LogP contribution in [0.4, 0.5) is 5.69 Å². The lowest BCUT2D eigenvalue weighted by Gasteiger charge is -2.19. The first-order valence-corrected chi connectivity index (χ1v) is 13.0. The van der Waals surface area contributed by atoms with Crippen molar-refractivity contribution < 1.29 is 13.2 Å². The summed E-state index contributed by atoms with van der Waals surface area (Å²) in [4.78, 5) is 15.5. The van der Waals surface area contributed by atoms with Crippen LogP contribution in [-0.4, -0.2) is 30.7 Å². The number of nitrogens with zero attached hydrogens (tertiary/aromatic N) is 3. The Balaban J connectivity index is 1.51. The fourth-order valence-electron chi connectivity index (χ4n) is 4.63. The summed E-state index contributed by atoms with van der Waals surface area (Å²) in [5.74, 6) is -0.121. The van der Waals surface area contributed by atoms with E-state index in [4.69, 9.17) is 5.14 Å². The van der Waals surface area contributed by atoms with Crippen LogP contribution < -0.4 is 10.0 Å². The van der Waals surface area contributed by atoms with E-state index in [0.717, 1.165) is 34.6 Å². The fraction of sp³-hybridized carbons (Fsp3) is 0.185. The SMILES string of the molecule is CCc1cccc(-n2nc(C)cc2C(=O)N2CCc3cc(-c4ccccc4S(N)(=O)=O)ccc32)c1. The summed E-state index contributed by atoms with van der Waals surface area (Å²) in [6, 6.07) is 22.2. The molecule has 0 unspecified atom stereocenters. The molecule has 7 nitrogen and oxygen atoms in total. The minimum atomic E-state index is -3.86. The molecule has 2 N–H and O–H groups in total. The number of hydrogen-bond donors (Lipinski definition) is 1. The maximum absolute atomic E-state index is 13.7. The zero-order valence-corrected chi connectivity index (χ0v) is 20.4. The third kappa shape index (κ3) is 4.26. The molecule has 35 heavy (non-hydrogen) atoms. The number of nitrogens with two attached hydrogens (primary N) is 1. The molecule has 0 saturated heterocycles. The number of anilines is 1. The molecule has 0 fully saturated rings. The summed E-state index contributed by atoms with van der Waals surface area (Å²) in [5.41, 5.74) is 6.40. The van der Waals surface area contributed by atoms with Gasteiger partial charge in [0, 0.05) is 17.8 Å². The van der Waals surface area contributed by atoms with Crippen molar-refractivity contribution in [2.75, 3.05) is 11.4 Å². The quantitative estimate of drug-likeness (QED) is 0.456. The van der Waals surface area contributed by atoms with Gasteiger partial charge < -0.3 is 4.90 Å². The van der Waals surface area contributed by atoms with Crippen LogP contribution >= 0.6 is 0 Å². The zero-order valence-electron chi connectivity index (χ0n) is 19.6. The molecule has 5 rings (SSSR count). The monoisotopic (exact) mass is 486 g/mol. The maximum Gasteiger partial charge on any atom is 0.277 e. The standard InChI is InChI=1S/C27H26N4O3S/c1-3-19-7-6-8-22(16-19)31-25(15-18(2)29-31)27(32)30-14-13-21-17-20(11-12-24(21)30)23-9-4-5-10-26(23)35(28,33)34/h4-12,15-17H,3,13-14H2,1-2H3,(H2,28,33,34). The number of carbonyl (C=O) groups is 1. The predicted octanol–water partition coefficient (Wildman–Crippen LogP) is 4.26. The summed E-state index contributed by atoms with van der Waals surface area (Å²) in [5, 5.41) is 10.0. The first-order valence-electron chi connectivity index (χ1n) is 11.5. The molecule has 1 aromatic heterocycles. The van der Waals surface area contributed by atoms with Crippen LogP contribution in [-0.2, 0) is 22.9 Å². The highest BCUT2D eigenvalue weighted by molar-refractivity contribution is 7.89. The van der Waals surface area contributed by atoms with Crippen molar-refractivity contribution in [3.63, 3.8) is 0 Å². The van der Waals surface area contributed by atoms with Crippen LogP contribution in [0.5, 0.6) is 0 Å². The Morgan fingerprint density at radius 3 is 2.60 bits per heavy atom. The van der Waals surface area contributed by atoms with E-state index in [0.29, 0.717) is 24.2 Å². The molecule has 1 amide bonds. The molecule has 3 aromatic carbocycles. The lowest BCUT2D eigenvalue weighted by atomic mass is 10.0. The third-order valence-electron chi connectivity index (χ3n) is 6.34. The fourth-order valence-corrected chi connectivity index (χ4v) is 5.39. The number of benzene rings is 3. The van der Waals surface area contributed by atoms with Crippen LogP contribution in [0, 0.1) is 6.92 Å². The van der Waals surface area contributed by atoms with Gasteiger partial charge in [-0.15, -0.1) is 0 Å². The molecule has 1 aliphatic heterocycles. The molecule has 0 radical (unpaired) electrons. The van der Waals surface area contributed by atoms with Crippen molar-refractivity contribution in [1.29, 1.82) is 0 Å². The van der Waals surface area contributed by atoms with Crippen LogP contribution in [0.3, 0.4) is 0 Å². The number of sulfonamides is 1. The number of rotatable bonds is 5. The molecule has 1 aliphatic rings. The Labute approximate surface area is 204 Å². The van der Waals surface area contributed by atoms with Crippen molar-refractivity contribution >= 4 is 21.6 Å². The van der Waals surface area contributed by atoms with Gasteiger partial charge in [0.05, 0.1) is 16.3 Å². The van der Waals surface area contributed by atoms with E-state index >= 15 is 0 Å². The summed E-state index contributed by atoms with van der Waals surface area (Å²) < 4.78 is 25.8. The average Bonchev–Trinajstić information content (AvgIpc) is 3.46. The average molecular weight is 487 g/mol. The summed E-state index contributed by atoms with van der Waals surface area (Å²) in [7, 11) is -3.86. The first kappa shape index (κ1) is 23.0. The second-order valence-electron chi connectivity index (χ2n) is 8.70. The van der Waals surface area contributed by atoms with Crippen LogP contribution in [0.25, 0.3) is 16.8 Å². The van der Waals surface area contributed by atoms with E-state index in [9.17, 15) is 13.2 Å². The Kier molecular flexibility index (Phi) is 5.78. The van der Waals surface area contributed by atoms with E-state index in [2.05, 4.69) is 24.2 Å². The highest BCUT2D eigenvalue weighted by Gasteiger charge is 2.29. The van der Waals surface area contributed by atoms with Crippen molar-refractivity contribution in [3.8, 4) is 16.8 Å². The number of aryl methyl sites for hydroxylation is 2. The molecule has 8 heteroatoms. The molecule has 0 atom stereocenters. The third-order valence-corrected chi connectivity index (χ3v) is 7.31. The van der Waals surface area contributed by atoms with E-state index < -0.39 is 10.0 Å². The minimum absolute atomic E-state index is 0.0829. The lowest BCUT2D eigenvalue weighted by molar-refractivity contribution is 0.0982. The van der Waals surface area contributed by atoms with Gasteiger partial charge in [-0.05, 0) is 72.9 Å². The number of primary sulfonamides is 1. The second-order valence-corrected chi connectivity index (χ2v) is 10.2.